The van der Waals surface area contributed by atoms with Gasteiger partial charge < -0.3 is 10.5 Å². The molecule has 1 aromatic carbocycles. The topological polar surface area (TPSA) is 52.3 Å². The lowest BCUT2D eigenvalue weighted by Gasteiger charge is -2.18. The molecule has 0 saturated carbocycles. The van der Waals surface area contributed by atoms with Crippen molar-refractivity contribution < 1.29 is 9.53 Å². The first-order valence-electron chi connectivity index (χ1n) is 6.35. The highest BCUT2D eigenvalue weighted by Gasteiger charge is 2.20. The van der Waals surface area contributed by atoms with E-state index in [1.807, 2.05) is 39.0 Å². The van der Waals surface area contributed by atoms with Gasteiger partial charge >= 0.3 is 5.97 Å². The molecular weight excluding hydrogens is 258 g/mol. The van der Waals surface area contributed by atoms with E-state index < -0.39 is 5.60 Å². The van der Waals surface area contributed by atoms with Crippen molar-refractivity contribution in [1.29, 1.82) is 0 Å². The Morgan fingerprint density at radius 1 is 1.37 bits per heavy atom. The fourth-order valence-corrected chi connectivity index (χ4v) is 2.91. The second kappa shape index (κ2) is 5.31. The molecule has 2 aromatic rings. The summed E-state index contributed by atoms with van der Waals surface area (Å²) in [5.41, 5.74) is 6.33. The quantitative estimate of drug-likeness (QED) is 0.875. The molecule has 1 aromatic heterocycles. The van der Waals surface area contributed by atoms with E-state index >= 15 is 0 Å². The first kappa shape index (κ1) is 14.0. The number of rotatable bonds is 3. The second-order valence-corrected chi connectivity index (χ2v) is 6.56. The molecular formula is C15H19NO2S. The van der Waals surface area contributed by atoms with Gasteiger partial charge in [0.15, 0.2) is 0 Å². The molecule has 0 fully saturated rings. The molecule has 0 atom stereocenters. The number of carbonyl (C=O) groups is 1. The van der Waals surface area contributed by atoms with Gasteiger partial charge in [0.25, 0.3) is 0 Å². The fourth-order valence-electron chi connectivity index (χ4n) is 1.92. The van der Waals surface area contributed by atoms with Crippen LogP contribution in [-0.2, 0) is 11.2 Å². The minimum absolute atomic E-state index is 0.257. The van der Waals surface area contributed by atoms with Crippen LogP contribution in [0.25, 0.3) is 10.1 Å². The normalized spacial score (nSPS) is 11.8. The van der Waals surface area contributed by atoms with Gasteiger partial charge in [-0.25, -0.2) is 4.79 Å². The van der Waals surface area contributed by atoms with Gasteiger partial charge in [0.05, 0.1) is 0 Å². The smallest absolute Gasteiger partial charge is 0.348 e. The van der Waals surface area contributed by atoms with Gasteiger partial charge in [-0.3, -0.25) is 0 Å². The van der Waals surface area contributed by atoms with Crippen LogP contribution in [0, 0.1) is 0 Å². The Morgan fingerprint density at radius 2 is 2.11 bits per heavy atom. The maximum Gasteiger partial charge on any atom is 0.348 e. The maximum atomic E-state index is 12.1. The van der Waals surface area contributed by atoms with Crippen LogP contribution in [0.1, 0.15) is 36.0 Å². The summed E-state index contributed by atoms with van der Waals surface area (Å²) in [6.07, 6.45) is 0.821. The molecule has 3 nitrogen and oxygen atoms in total. The predicted molar refractivity (Wildman–Crippen MR) is 79.8 cm³/mol. The minimum Gasteiger partial charge on any atom is -0.456 e. The van der Waals surface area contributed by atoms with Crippen LogP contribution in [0.5, 0.6) is 0 Å². The Hall–Kier alpha value is -1.39. The third-order valence-electron chi connectivity index (χ3n) is 2.67. The average molecular weight is 277 g/mol. The number of hydrogen-bond donors (Lipinski definition) is 1. The molecule has 0 bridgehead atoms. The van der Waals surface area contributed by atoms with Crippen molar-refractivity contribution in [3.63, 3.8) is 0 Å². The van der Waals surface area contributed by atoms with Crippen molar-refractivity contribution in [2.45, 2.75) is 32.8 Å². The highest BCUT2D eigenvalue weighted by molar-refractivity contribution is 7.20. The predicted octanol–water partition coefficient (Wildman–Crippen LogP) is 3.36. The summed E-state index contributed by atoms with van der Waals surface area (Å²) in [7, 11) is 0. The molecule has 0 unspecified atom stereocenters. The van der Waals surface area contributed by atoms with Crippen LogP contribution in [-0.4, -0.2) is 18.1 Å². The van der Waals surface area contributed by atoms with Crippen LogP contribution >= 0.6 is 11.3 Å². The largest absolute Gasteiger partial charge is 0.456 e. The first-order valence-corrected chi connectivity index (χ1v) is 7.17. The van der Waals surface area contributed by atoms with E-state index in [1.54, 1.807) is 0 Å². The Kier molecular flexibility index (Phi) is 3.92. The zero-order valence-electron chi connectivity index (χ0n) is 11.5. The molecule has 0 radical (unpaired) electrons. The second-order valence-electron chi connectivity index (χ2n) is 5.48. The van der Waals surface area contributed by atoms with Crippen molar-refractivity contribution in [3.8, 4) is 0 Å². The summed E-state index contributed by atoms with van der Waals surface area (Å²) < 4.78 is 6.50. The zero-order chi connectivity index (χ0) is 14.0. The van der Waals surface area contributed by atoms with E-state index in [-0.39, 0.29) is 5.97 Å². The molecule has 0 saturated heterocycles. The van der Waals surface area contributed by atoms with Gasteiger partial charge in [0.2, 0.25) is 0 Å². The third kappa shape index (κ3) is 3.33. The summed E-state index contributed by atoms with van der Waals surface area (Å²) in [4.78, 5) is 12.7. The molecule has 19 heavy (non-hydrogen) atoms. The lowest BCUT2D eigenvalue weighted by atomic mass is 10.1. The van der Waals surface area contributed by atoms with Gasteiger partial charge in [-0.2, -0.15) is 0 Å². The molecule has 0 aliphatic heterocycles. The van der Waals surface area contributed by atoms with Crippen molar-refractivity contribution >= 4 is 27.4 Å². The van der Waals surface area contributed by atoms with E-state index in [9.17, 15) is 4.79 Å². The van der Waals surface area contributed by atoms with Gasteiger partial charge in [0, 0.05) is 4.70 Å². The summed E-state index contributed by atoms with van der Waals surface area (Å²) in [5, 5.41) is 1.11. The zero-order valence-corrected chi connectivity index (χ0v) is 12.3. The van der Waals surface area contributed by atoms with Gasteiger partial charge in [0.1, 0.15) is 10.5 Å². The molecule has 1 heterocycles. The van der Waals surface area contributed by atoms with E-state index in [0.29, 0.717) is 11.4 Å². The molecule has 0 amide bonds. The standard InChI is InChI=1S/C15H19NO2S/c1-15(2,3)18-14(17)13-9-11-10(7-8-16)5-4-6-12(11)19-13/h4-6,9H,7-8,16H2,1-3H3. The van der Waals surface area contributed by atoms with Crippen LogP contribution < -0.4 is 5.73 Å². The summed E-state index contributed by atoms with van der Waals surface area (Å²) in [6.45, 7) is 6.23. The number of benzene rings is 1. The maximum absolute atomic E-state index is 12.1. The lowest BCUT2D eigenvalue weighted by molar-refractivity contribution is 0.00753. The van der Waals surface area contributed by atoms with Crippen molar-refractivity contribution in [2.24, 2.45) is 5.73 Å². The summed E-state index contributed by atoms with van der Waals surface area (Å²) in [6, 6.07) is 8.00. The summed E-state index contributed by atoms with van der Waals surface area (Å²) in [5.74, 6) is -0.257. The Morgan fingerprint density at radius 3 is 2.74 bits per heavy atom. The van der Waals surface area contributed by atoms with Crippen LogP contribution in [0.15, 0.2) is 24.3 Å². The van der Waals surface area contributed by atoms with E-state index in [0.717, 1.165) is 16.5 Å². The van der Waals surface area contributed by atoms with Crippen LogP contribution in [0.4, 0.5) is 0 Å². The Bertz CT molecular complexity index is 596. The Balaban J connectivity index is 2.36. The third-order valence-corrected chi connectivity index (χ3v) is 3.75. The minimum atomic E-state index is -0.465. The van der Waals surface area contributed by atoms with E-state index in [1.165, 1.54) is 16.9 Å². The van der Waals surface area contributed by atoms with Crippen LogP contribution in [0.2, 0.25) is 0 Å². The van der Waals surface area contributed by atoms with Gasteiger partial charge in [-0.1, -0.05) is 12.1 Å². The van der Waals surface area contributed by atoms with Crippen LogP contribution in [0.3, 0.4) is 0 Å². The first-order chi connectivity index (χ1) is 8.90. The molecule has 0 aliphatic rings. The number of carbonyl (C=O) groups excluding carboxylic acids is 1. The van der Waals surface area contributed by atoms with Crippen molar-refractivity contribution in [2.75, 3.05) is 6.54 Å². The molecule has 102 valence electrons. The number of fused-ring (bicyclic) bond motifs is 1. The molecule has 0 aliphatic carbocycles. The molecule has 2 N–H and O–H groups in total. The SMILES string of the molecule is CC(C)(C)OC(=O)c1cc2c(CCN)cccc2s1. The highest BCUT2D eigenvalue weighted by Crippen LogP contribution is 2.29. The molecule has 0 spiro atoms. The summed E-state index contributed by atoms with van der Waals surface area (Å²) >= 11 is 1.47. The highest BCUT2D eigenvalue weighted by atomic mass is 32.1. The van der Waals surface area contributed by atoms with Crippen molar-refractivity contribution in [3.05, 3.63) is 34.7 Å². The van der Waals surface area contributed by atoms with E-state index in [4.69, 9.17) is 10.5 Å². The average Bonchev–Trinajstić information content (AvgIpc) is 2.72. The van der Waals surface area contributed by atoms with Gasteiger partial charge in [-0.05, 0) is 56.8 Å². The lowest BCUT2D eigenvalue weighted by Crippen LogP contribution is -2.23. The monoisotopic (exact) mass is 277 g/mol. The Labute approximate surface area is 117 Å². The molecule has 4 heteroatoms. The van der Waals surface area contributed by atoms with E-state index in [2.05, 4.69) is 6.07 Å². The fraction of sp³-hybridized carbons (Fsp3) is 0.400. The number of ether oxygens (including phenoxy) is 1. The number of hydrogen-bond acceptors (Lipinski definition) is 4. The number of thiophene rings is 1. The van der Waals surface area contributed by atoms with Crippen molar-refractivity contribution in [1.82, 2.24) is 0 Å². The number of esters is 1. The molecule has 2 rings (SSSR count). The van der Waals surface area contributed by atoms with Gasteiger partial charge in [-0.15, -0.1) is 11.3 Å². The number of nitrogens with two attached hydrogens (primary N) is 1.